The second-order valence-corrected chi connectivity index (χ2v) is 6.77. The van der Waals surface area contributed by atoms with Gasteiger partial charge in [0.2, 0.25) is 5.88 Å². The van der Waals surface area contributed by atoms with E-state index in [1.54, 1.807) is 23.7 Å². The Bertz CT molecular complexity index is 1030. The molecule has 0 aliphatic rings. The Morgan fingerprint density at radius 2 is 1.72 bits per heavy atom. The van der Waals surface area contributed by atoms with E-state index in [9.17, 15) is 14.7 Å². The van der Waals surface area contributed by atoms with Crippen molar-refractivity contribution in [1.29, 1.82) is 0 Å². The zero-order valence-corrected chi connectivity index (χ0v) is 16.3. The molecule has 2 N–H and O–H groups in total. The number of para-hydroxylation sites is 1. The van der Waals surface area contributed by atoms with Gasteiger partial charge in [-0.25, -0.2) is 0 Å². The average Bonchev–Trinajstić information content (AvgIpc) is 2.99. The summed E-state index contributed by atoms with van der Waals surface area (Å²) in [5, 5.41) is 21.5. The number of aromatic nitrogens is 1. The molecule has 0 aliphatic carbocycles. The number of rotatable bonds is 8. The van der Waals surface area contributed by atoms with Crippen molar-refractivity contribution in [2.45, 2.75) is 25.7 Å². The van der Waals surface area contributed by atoms with Gasteiger partial charge in [-0.1, -0.05) is 42.8 Å². The molecule has 0 fully saturated rings. The number of benzene rings is 2. The number of unbranched alkanes of at least 4 members (excludes halogenated alkanes) is 2. The summed E-state index contributed by atoms with van der Waals surface area (Å²) in [6.07, 6.45) is 2.53. The first-order chi connectivity index (χ1) is 14.1. The number of aryl methyl sites for hydroxylation is 1. The quantitative estimate of drug-likeness (QED) is 0.437. The van der Waals surface area contributed by atoms with Crippen molar-refractivity contribution in [2.75, 3.05) is 6.54 Å². The van der Waals surface area contributed by atoms with Crippen LogP contribution in [0.3, 0.4) is 0 Å². The van der Waals surface area contributed by atoms with E-state index in [1.807, 2.05) is 42.5 Å². The van der Waals surface area contributed by atoms with Crippen molar-refractivity contribution in [1.82, 2.24) is 9.88 Å². The molecule has 2 amide bonds. The minimum atomic E-state index is -0.328. The van der Waals surface area contributed by atoms with Gasteiger partial charge in [-0.15, -0.1) is 10.2 Å². The Labute approximate surface area is 169 Å². The molecule has 7 heteroatoms. The third-order valence-corrected chi connectivity index (χ3v) is 4.70. The fourth-order valence-electron chi connectivity index (χ4n) is 3.09. The van der Waals surface area contributed by atoms with Crippen LogP contribution in [0.4, 0.5) is 5.69 Å². The van der Waals surface area contributed by atoms with E-state index in [-0.39, 0.29) is 24.1 Å². The third-order valence-electron chi connectivity index (χ3n) is 4.70. The first kappa shape index (κ1) is 20.3. The predicted octanol–water partition coefficient (Wildman–Crippen LogP) is 4.48. The summed E-state index contributed by atoms with van der Waals surface area (Å²) in [5.74, 6) is -0.437. The summed E-state index contributed by atoms with van der Waals surface area (Å²) >= 11 is 0. The lowest BCUT2D eigenvalue weighted by atomic mass is 10.2. The molecule has 0 radical (unpaired) electrons. The largest absolute Gasteiger partial charge is 0.493 e. The number of aromatic hydroxyl groups is 1. The van der Waals surface area contributed by atoms with Crippen LogP contribution in [0, 0.1) is 0 Å². The highest BCUT2D eigenvalue weighted by atomic mass is 16.3. The second-order valence-electron chi connectivity index (χ2n) is 6.77. The molecule has 7 nitrogen and oxygen atoms in total. The highest BCUT2D eigenvalue weighted by Gasteiger charge is 2.14. The number of nitrogens with one attached hydrogen (secondary N) is 1. The second kappa shape index (κ2) is 9.64. The monoisotopic (exact) mass is 392 g/mol. The van der Waals surface area contributed by atoms with E-state index >= 15 is 0 Å². The van der Waals surface area contributed by atoms with Crippen LogP contribution in [0.25, 0.3) is 10.9 Å². The number of carbonyl (C=O) groups is 2. The summed E-state index contributed by atoms with van der Waals surface area (Å²) < 4.78 is 1.61. The van der Waals surface area contributed by atoms with Gasteiger partial charge < -0.3 is 15.0 Å². The van der Waals surface area contributed by atoms with Gasteiger partial charge in [0.25, 0.3) is 11.8 Å². The predicted molar refractivity (Wildman–Crippen MR) is 111 cm³/mol. The fraction of sp³-hybridized carbons (Fsp3) is 0.273. The van der Waals surface area contributed by atoms with Gasteiger partial charge in [-0.05, 0) is 31.0 Å². The van der Waals surface area contributed by atoms with Crippen molar-refractivity contribution in [3.63, 3.8) is 0 Å². The molecule has 0 bridgehead atoms. The van der Waals surface area contributed by atoms with Gasteiger partial charge in [0.15, 0.2) is 5.69 Å². The molecule has 29 heavy (non-hydrogen) atoms. The highest BCUT2D eigenvalue weighted by molar-refractivity contribution is 5.95. The van der Waals surface area contributed by atoms with Gasteiger partial charge in [-0.2, -0.15) is 0 Å². The molecule has 0 saturated carbocycles. The summed E-state index contributed by atoms with van der Waals surface area (Å²) in [7, 11) is 1.73. The molecule has 3 aromatic rings. The molecule has 1 aromatic heterocycles. The van der Waals surface area contributed by atoms with Gasteiger partial charge in [0, 0.05) is 31.0 Å². The van der Waals surface area contributed by atoms with Crippen LogP contribution in [-0.4, -0.2) is 28.0 Å². The normalized spacial score (nSPS) is 11.2. The lowest BCUT2D eigenvalue weighted by Crippen LogP contribution is -2.24. The van der Waals surface area contributed by atoms with E-state index in [2.05, 4.69) is 15.5 Å². The zero-order valence-electron chi connectivity index (χ0n) is 16.3. The fourth-order valence-corrected chi connectivity index (χ4v) is 3.09. The first-order valence-electron chi connectivity index (χ1n) is 9.62. The van der Waals surface area contributed by atoms with E-state index in [0.717, 1.165) is 23.7 Å². The first-order valence-corrected chi connectivity index (χ1v) is 9.62. The molecule has 0 aliphatic heterocycles. The van der Waals surface area contributed by atoms with Crippen molar-refractivity contribution in [3.05, 3.63) is 60.2 Å². The van der Waals surface area contributed by atoms with Crippen LogP contribution >= 0.6 is 0 Å². The standard InChI is InChI=1S/C22H24N4O3/c1-26-18-13-8-7-12-17(18)20(22(26)29)25-24-19(27)14-6-3-9-15-23-21(28)16-10-4-2-5-11-16/h2,4-5,7-8,10-13,29H,3,6,9,14-15H2,1H3,(H,23,28). The number of hydrogen-bond acceptors (Lipinski definition) is 4. The smallest absolute Gasteiger partial charge is 0.264 e. The molecular formula is C22H24N4O3. The van der Waals surface area contributed by atoms with Crippen molar-refractivity contribution in [2.24, 2.45) is 17.3 Å². The Balaban J connectivity index is 1.41. The van der Waals surface area contributed by atoms with Gasteiger partial charge in [-0.3, -0.25) is 9.59 Å². The Morgan fingerprint density at radius 1 is 1.00 bits per heavy atom. The van der Waals surface area contributed by atoms with Crippen LogP contribution in [0.5, 0.6) is 5.88 Å². The molecule has 3 rings (SSSR count). The van der Waals surface area contributed by atoms with Crippen LogP contribution in [0.15, 0.2) is 64.8 Å². The maximum atomic E-state index is 12.0. The Hall–Kier alpha value is -3.48. The number of carbonyl (C=O) groups excluding carboxylic acids is 2. The molecule has 0 unspecified atom stereocenters. The van der Waals surface area contributed by atoms with E-state index in [1.165, 1.54) is 0 Å². The maximum absolute atomic E-state index is 12.0. The van der Waals surface area contributed by atoms with Crippen molar-refractivity contribution in [3.8, 4) is 5.88 Å². The summed E-state index contributed by atoms with van der Waals surface area (Å²) in [5.41, 5.74) is 1.77. The highest BCUT2D eigenvalue weighted by Crippen LogP contribution is 2.37. The van der Waals surface area contributed by atoms with Crippen LogP contribution in [0.2, 0.25) is 0 Å². The average molecular weight is 392 g/mol. The minimum absolute atomic E-state index is 0.0168. The van der Waals surface area contributed by atoms with Gasteiger partial charge in [0.1, 0.15) is 0 Å². The number of amides is 2. The van der Waals surface area contributed by atoms with Gasteiger partial charge >= 0.3 is 0 Å². The van der Waals surface area contributed by atoms with Crippen molar-refractivity contribution < 1.29 is 14.7 Å². The topological polar surface area (TPSA) is 96.0 Å². The SMILES string of the molecule is Cn1c(O)c(N=NC(=O)CCCCCNC(=O)c2ccccc2)c2ccccc21. The number of fused-ring (bicyclic) bond motifs is 1. The van der Waals surface area contributed by atoms with E-state index in [0.29, 0.717) is 24.2 Å². The molecule has 2 aromatic carbocycles. The summed E-state index contributed by atoms with van der Waals surface area (Å²) in [4.78, 5) is 23.9. The molecule has 0 atom stereocenters. The zero-order chi connectivity index (χ0) is 20.6. The van der Waals surface area contributed by atoms with E-state index in [4.69, 9.17) is 0 Å². The van der Waals surface area contributed by atoms with Crippen LogP contribution in [0.1, 0.15) is 36.0 Å². The third kappa shape index (κ3) is 5.07. The summed E-state index contributed by atoms with van der Waals surface area (Å²) in [6, 6.07) is 16.5. The lowest BCUT2D eigenvalue weighted by Gasteiger charge is -2.04. The number of hydrogen-bond donors (Lipinski definition) is 2. The molecule has 0 spiro atoms. The van der Waals surface area contributed by atoms with Crippen LogP contribution in [-0.2, 0) is 11.8 Å². The molecule has 0 saturated heterocycles. The van der Waals surface area contributed by atoms with Gasteiger partial charge in [0.05, 0.1) is 5.52 Å². The molecule has 1 heterocycles. The van der Waals surface area contributed by atoms with Crippen LogP contribution < -0.4 is 5.32 Å². The summed E-state index contributed by atoms with van der Waals surface area (Å²) in [6.45, 7) is 0.563. The van der Waals surface area contributed by atoms with E-state index < -0.39 is 0 Å². The maximum Gasteiger partial charge on any atom is 0.264 e. The van der Waals surface area contributed by atoms with Crippen molar-refractivity contribution >= 4 is 28.4 Å². The molecular weight excluding hydrogens is 368 g/mol. The Morgan fingerprint density at radius 3 is 2.52 bits per heavy atom. The molecule has 150 valence electrons. The number of nitrogens with zero attached hydrogens (tertiary/aromatic N) is 3. The number of azo groups is 1. The lowest BCUT2D eigenvalue weighted by molar-refractivity contribution is -0.118. The Kier molecular flexibility index (Phi) is 6.73. The minimum Gasteiger partial charge on any atom is -0.493 e.